The number of carbonyl (C=O) groups excluding carboxylic acids is 3. The molecule has 0 saturated carbocycles. The Bertz CT molecular complexity index is 898. The molecule has 0 rings (SSSR count). The Labute approximate surface area is 361 Å². The van der Waals surface area contributed by atoms with Crippen LogP contribution in [0.25, 0.3) is 0 Å². The Balaban J connectivity index is 4.22. The maximum atomic E-state index is 12.7. The van der Waals surface area contributed by atoms with Gasteiger partial charge in [0.15, 0.2) is 6.10 Å². The van der Waals surface area contributed by atoms with Crippen molar-refractivity contribution in [3.8, 4) is 0 Å². The molecule has 0 radical (unpaired) electrons. The first-order chi connectivity index (χ1) is 28.1. The number of rotatable bonds is 45. The zero-order chi connectivity index (χ0) is 42.7. The summed E-state index contributed by atoms with van der Waals surface area (Å²) < 4.78 is 16.8. The van der Waals surface area contributed by atoms with Gasteiger partial charge in [-0.1, -0.05) is 241 Å². The molecule has 0 aromatic heterocycles. The first-order valence-corrected chi connectivity index (χ1v) is 25.6. The summed E-state index contributed by atoms with van der Waals surface area (Å²) in [5, 5.41) is 0. The van der Waals surface area contributed by atoms with Gasteiger partial charge in [0.2, 0.25) is 0 Å². The van der Waals surface area contributed by atoms with Crippen molar-refractivity contribution in [3.63, 3.8) is 0 Å². The fraction of sp³-hybridized carbons (Fsp3) is 0.942. The van der Waals surface area contributed by atoms with Gasteiger partial charge in [0.05, 0.1) is 0 Å². The molecule has 0 aromatic carbocycles. The molecule has 6 nitrogen and oxygen atoms in total. The van der Waals surface area contributed by atoms with Crippen LogP contribution in [0.5, 0.6) is 0 Å². The van der Waals surface area contributed by atoms with E-state index in [0.717, 1.165) is 75.5 Å². The molecule has 344 valence electrons. The smallest absolute Gasteiger partial charge is 0.306 e. The number of hydrogen-bond donors (Lipinski definition) is 0. The van der Waals surface area contributed by atoms with Crippen molar-refractivity contribution in [2.45, 2.75) is 285 Å². The summed E-state index contributed by atoms with van der Waals surface area (Å²) >= 11 is 0. The lowest BCUT2D eigenvalue weighted by Crippen LogP contribution is -2.30. The van der Waals surface area contributed by atoms with Gasteiger partial charge in [0.25, 0.3) is 0 Å². The fourth-order valence-corrected chi connectivity index (χ4v) is 7.76. The average molecular weight is 821 g/mol. The number of carbonyl (C=O) groups is 3. The SMILES string of the molecule is CC(C)CCCCCCCCCCCCCCCCCCC(=O)OC[C@@H](COC(=O)CCCCCCCCC(C)C)OC(=O)CCCCCCCCCCCC(C)C. The Morgan fingerprint density at radius 1 is 0.293 bits per heavy atom. The van der Waals surface area contributed by atoms with E-state index < -0.39 is 6.10 Å². The van der Waals surface area contributed by atoms with Gasteiger partial charge in [0.1, 0.15) is 13.2 Å². The van der Waals surface area contributed by atoms with Crippen molar-refractivity contribution in [3.05, 3.63) is 0 Å². The molecule has 0 aliphatic carbocycles. The molecule has 0 aliphatic heterocycles. The van der Waals surface area contributed by atoms with Crippen LogP contribution in [-0.2, 0) is 28.6 Å². The summed E-state index contributed by atoms with van der Waals surface area (Å²) in [6.07, 6.45) is 42.5. The molecular formula is C52H100O6. The highest BCUT2D eigenvalue weighted by atomic mass is 16.6. The molecule has 6 heteroatoms. The minimum atomic E-state index is -0.763. The van der Waals surface area contributed by atoms with E-state index in [1.807, 2.05) is 0 Å². The molecule has 1 atom stereocenters. The van der Waals surface area contributed by atoms with Crippen molar-refractivity contribution >= 4 is 17.9 Å². The molecule has 0 amide bonds. The minimum Gasteiger partial charge on any atom is -0.462 e. The molecule has 58 heavy (non-hydrogen) atoms. The van der Waals surface area contributed by atoms with E-state index in [2.05, 4.69) is 41.5 Å². The molecule has 0 heterocycles. The summed E-state index contributed by atoms with van der Waals surface area (Å²) in [5.41, 5.74) is 0. The predicted molar refractivity (Wildman–Crippen MR) is 247 cm³/mol. The predicted octanol–water partition coefficient (Wildman–Crippen LogP) is 16.4. The fourth-order valence-electron chi connectivity index (χ4n) is 7.76. The third-order valence-corrected chi connectivity index (χ3v) is 11.6. The lowest BCUT2D eigenvalue weighted by molar-refractivity contribution is -0.167. The second-order valence-corrected chi connectivity index (χ2v) is 19.2. The Hall–Kier alpha value is -1.59. The molecular weight excluding hydrogens is 721 g/mol. The molecule has 0 unspecified atom stereocenters. The quantitative estimate of drug-likeness (QED) is 0.0346. The molecule has 0 saturated heterocycles. The lowest BCUT2D eigenvalue weighted by Gasteiger charge is -2.18. The maximum Gasteiger partial charge on any atom is 0.306 e. The van der Waals surface area contributed by atoms with Crippen LogP contribution >= 0.6 is 0 Å². The molecule has 0 spiro atoms. The summed E-state index contributed by atoms with van der Waals surface area (Å²) in [5.74, 6) is 1.56. The Morgan fingerprint density at radius 3 is 0.741 bits per heavy atom. The number of hydrogen-bond acceptors (Lipinski definition) is 6. The number of esters is 3. The van der Waals surface area contributed by atoms with Gasteiger partial charge in [0, 0.05) is 19.3 Å². The molecule has 0 N–H and O–H groups in total. The summed E-state index contributed by atoms with van der Waals surface area (Å²) in [7, 11) is 0. The van der Waals surface area contributed by atoms with Gasteiger partial charge in [-0.05, 0) is 37.0 Å². The second-order valence-electron chi connectivity index (χ2n) is 19.2. The van der Waals surface area contributed by atoms with Gasteiger partial charge in [-0.25, -0.2) is 0 Å². The van der Waals surface area contributed by atoms with Gasteiger partial charge in [-0.15, -0.1) is 0 Å². The minimum absolute atomic E-state index is 0.0656. The number of ether oxygens (including phenoxy) is 3. The third-order valence-electron chi connectivity index (χ3n) is 11.6. The van der Waals surface area contributed by atoms with Crippen LogP contribution in [0.1, 0.15) is 279 Å². The van der Waals surface area contributed by atoms with E-state index >= 15 is 0 Å². The zero-order valence-electron chi connectivity index (χ0n) is 39.8. The van der Waals surface area contributed by atoms with Crippen LogP contribution in [0.15, 0.2) is 0 Å². The summed E-state index contributed by atoms with van der Waals surface area (Å²) in [6, 6.07) is 0. The van der Waals surface area contributed by atoms with Gasteiger partial charge in [-0.3, -0.25) is 14.4 Å². The van der Waals surface area contributed by atoms with Crippen molar-refractivity contribution in [2.24, 2.45) is 17.8 Å². The number of unbranched alkanes of at least 4 members (excludes halogenated alkanes) is 28. The highest BCUT2D eigenvalue weighted by Gasteiger charge is 2.19. The largest absolute Gasteiger partial charge is 0.462 e. The van der Waals surface area contributed by atoms with Gasteiger partial charge >= 0.3 is 17.9 Å². The standard InChI is InChI=1S/C52H100O6/c1-46(2)38-32-26-20-16-13-11-9-7-8-10-12-14-18-22-29-35-41-50(53)56-44-49(45-57-51(54)42-36-30-25-24-28-34-40-48(5)6)58-52(55)43-37-31-23-19-15-17-21-27-33-39-47(3)4/h46-49H,7-45H2,1-6H3/t49-/m0/s1. The van der Waals surface area contributed by atoms with Crippen LogP contribution in [0.3, 0.4) is 0 Å². The molecule has 0 bridgehead atoms. The van der Waals surface area contributed by atoms with E-state index in [1.165, 1.54) is 161 Å². The van der Waals surface area contributed by atoms with Crippen molar-refractivity contribution in [1.82, 2.24) is 0 Å². The van der Waals surface area contributed by atoms with Crippen LogP contribution in [0.4, 0.5) is 0 Å². The molecule has 0 fully saturated rings. The highest BCUT2D eigenvalue weighted by Crippen LogP contribution is 2.17. The van der Waals surface area contributed by atoms with E-state index in [0.29, 0.717) is 19.3 Å². The van der Waals surface area contributed by atoms with Crippen LogP contribution in [0, 0.1) is 17.8 Å². The first kappa shape index (κ1) is 56.4. The topological polar surface area (TPSA) is 78.9 Å². The second kappa shape index (κ2) is 43.5. The van der Waals surface area contributed by atoms with Crippen LogP contribution in [0.2, 0.25) is 0 Å². The monoisotopic (exact) mass is 821 g/mol. The van der Waals surface area contributed by atoms with Gasteiger partial charge in [-0.2, -0.15) is 0 Å². The molecule has 0 aliphatic rings. The molecule has 0 aromatic rings. The third kappa shape index (κ3) is 45.5. The van der Waals surface area contributed by atoms with Crippen molar-refractivity contribution in [2.75, 3.05) is 13.2 Å². The van der Waals surface area contributed by atoms with Crippen molar-refractivity contribution < 1.29 is 28.6 Å². The van der Waals surface area contributed by atoms with Crippen LogP contribution in [-0.4, -0.2) is 37.2 Å². The normalized spacial score (nSPS) is 12.2. The first-order valence-electron chi connectivity index (χ1n) is 25.6. The average Bonchev–Trinajstić information content (AvgIpc) is 3.18. The van der Waals surface area contributed by atoms with E-state index in [-0.39, 0.29) is 31.1 Å². The highest BCUT2D eigenvalue weighted by molar-refractivity contribution is 5.71. The zero-order valence-corrected chi connectivity index (χ0v) is 39.8. The summed E-state index contributed by atoms with van der Waals surface area (Å²) in [6.45, 7) is 13.6. The van der Waals surface area contributed by atoms with Crippen LogP contribution < -0.4 is 0 Å². The van der Waals surface area contributed by atoms with E-state index in [9.17, 15) is 14.4 Å². The summed E-state index contributed by atoms with van der Waals surface area (Å²) in [4.78, 5) is 37.8. The van der Waals surface area contributed by atoms with Gasteiger partial charge < -0.3 is 14.2 Å². The maximum absolute atomic E-state index is 12.7. The van der Waals surface area contributed by atoms with E-state index in [4.69, 9.17) is 14.2 Å². The Morgan fingerprint density at radius 2 is 0.500 bits per heavy atom. The van der Waals surface area contributed by atoms with E-state index in [1.54, 1.807) is 0 Å². The lowest BCUT2D eigenvalue weighted by atomic mass is 10.0. The van der Waals surface area contributed by atoms with Crippen molar-refractivity contribution in [1.29, 1.82) is 0 Å². The Kier molecular flexibility index (Phi) is 42.3.